The molecule has 0 unspecified atom stereocenters. The van der Waals surface area contributed by atoms with Gasteiger partial charge >= 0.3 is 5.97 Å². The van der Waals surface area contributed by atoms with Crippen molar-refractivity contribution >= 4 is 24.8 Å². The largest absolute Gasteiger partial charge is 0.458 e. The van der Waals surface area contributed by atoms with E-state index in [1.54, 1.807) is 13.8 Å². The molecule has 0 heterocycles. The first-order valence-corrected chi connectivity index (χ1v) is 11.8. The number of hydrogen-bond donors (Lipinski definition) is 1. The quantitative estimate of drug-likeness (QED) is 0.563. The van der Waals surface area contributed by atoms with Crippen LogP contribution in [0.15, 0.2) is 42.5 Å². The zero-order valence-electron chi connectivity index (χ0n) is 16.2. The van der Waals surface area contributed by atoms with Crippen molar-refractivity contribution in [3.63, 3.8) is 0 Å². The summed E-state index contributed by atoms with van der Waals surface area (Å²) in [7, 11) is -1.81. The van der Waals surface area contributed by atoms with Gasteiger partial charge in [0.15, 0.2) is 6.16 Å². The molecule has 0 fully saturated rings. The van der Waals surface area contributed by atoms with Gasteiger partial charge in [-0.3, -0.25) is 4.79 Å². The number of amides is 1. The molecule has 4 nitrogen and oxygen atoms in total. The maximum Gasteiger partial charge on any atom is 0.344 e. The number of aryl methyl sites for hydroxylation is 2. The summed E-state index contributed by atoms with van der Waals surface area (Å²) in [4.78, 5) is 24.6. The molecule has 0 aliphatic carbocycles. The zero-order valence-corrected chi connectivity index (χ0v) is 17.1. The van der Waals surface area contributed by atoms with Crippen molar-refractivity contribution < 1.29 is 18.7 Å². The fourth-order valence-electron chi connectivity index (χ4n) is 2.86. The van der Waals surface area contributed by atoms with E-state index < -0.39 is 7.26 Å². The SMILES string of the molecule is Cc1cc(F)cc(C)c1NC(=O)C[P+](C)(C)CC(=O)OCc1ccccc1. The van der Waals surface area contributed by atoms with Crippen LogP contribution in [0.3, 0.4) is 0 Å². The van der Waals surface area contributed by atoms with E-state index in [4.69, 9.17) is 4.74 Å². The van der Waals surface area contributed by atoms with Gasteiger partial charge in [-0.05, 0) is 42.7 Å². The number of esters is 1. The number of carbonyl (C=O) groups excluding carboxylic acids is 2. The Bertz CT molecular complexity index is 798. The molecule has 0 bridgehead atoms. The van der Waals surface area contributed by atoms with Crippen LogP contribution in [0.2, 0.25) is 0 Å². The Morgan fingerprint density at radius 1 is 1.04 bits per heavy atom. The van der Waals surface area contributed by atoms with E-state index in [-0.39, 0.29) is 36.6 Å². The Kier molecular flexibility index (Phi) is 7.09. The number of carbonyl (C=O) groups is 2. The van der Waals surface area contributed by atoms with Gasteiger partial charge in [0.2, 0.25) is 0 Å². The second kappa shape index (κ2) is 9.09. The number of halogens is 1. The average Bonchev–Trinajstić information content (AvgIpc) is 2.56. The van der Waals surface area contributed by atoms with Crippen molar-refractivity contribution in [3.8, 4) is 0 Å². The minimum atomic E-state index is -1.81. The number of rotatable bonds is 7. The summed E-state index contributed by atoms with van der Waals surface area (Å²) in [6.07, 6.45) is 0.512. The molecular formula is C21H26FNO3P+. The first-order chi connectivity index (χ1) is 12.7. The molecule has 0 saturated carbocycles. The lowest BCUT2D eigenvalue weighted by Gasteiger charge is -2.18. The van der Waals surface area contributed by atoms with E-state index in [2.05, 4.69) is 5.32 Å². The van der Waals surface area contributed by atoms with Crippen LogP contribution in [0.25, 0.3) is 0 Å². The number of benzene rings is 2. The zero-order chi connectivity index (χ0) is 20.0. The molecule has 0 spiro atoms. The molecule has 27 heavy (non-hydrogen) atoms. The predicted octanol–water partition coefficient (Wildman–Crippen LogP) is 4.40. The summed E-state index contributed by atoms with van der Waals surface area (Å²) in [5, 5.41) is 2.86. The van der Waals surface area contributed by atoms with Crippen LogP contribution >= 0.6 is 7.26 Å². The smallest absolute Gasteiger partial charge is 0.344 e. The van der Waals surface area contributed by atoms with E-state index >= 15 is 0 Å². The Morgan fingerprint density at radius 2 is 1.63 bits per heavy atom. The van der Waals surface area contributed by atoms with E-state index in [1.165, 1.54) is 12.1 Å². The van der Waals surface area contributed by atoms with Crippen molar-refractivity contribution in [3.05, 3.63) is 65.0 Å². The van der Waals surface area contributed by atoms with Crippen LogP contribution in [0.5, 0.6) is 0 Å². The van der Waals surface area contributed by atoms with Crippen molar-refractivity contribution in [2.45, 2.75) is 20.5 Å². The predicted molar refractivity (Wildman–Crippen MR) is 109 cm³/mol. The maximum absolute atomic E-state index is 13.4. The molecule has 0 aromatic heterocycles. The van der Waals surface area contributed by atoms with Crippen LogP contribution < -0.4 is 5.32 Å². The highest BCUT2D eigenvalue weighted by Crippen LogP contribution is 2.50. The van der Waals surface area contributed by atoms with Crippen molar-refractivity contribution in [2.75, 3.05) is 31.0 Å². The third-order valence-electron chi connectivity index (χ3n) is 4.13. The van der Waals surface area contributed by atoms with Gasteiger partial charge in [-0.2, -0.15) is 0 Å². The number of anilines is 1. The van der Waals surface area contributed by atoms with Crippen LogP contribution in [0.1, 0.15) is 16.7 Å². The van der Waals surface area contributed by atoms with E-state index in [0.29, 0.717) is 16.8 Å². The molecule has 0 aliphatic heterocycles. The minimum Gasteiger partial charge on any atom is -0.458 e. The summed E-state index contributed by atoms with van der Waals surface area (Å²) in [6, 6.07) is 12.3. The molecule has 0 saturated heterocycles. The van der Waals surface area contributed by atoms with E-state index in [9.17, 15) is 14.0 Å². The second-order valence-electron chi connectivity index (χ2n) is 7.36. The fraction of sp³-hybridized carbons (Fsp3) is 0.333. The first kappa shape index (κ1) is 21.0. The fourth-order valence-corrected chi connectivity index (χ4v) is 4.62. The summed E-state index contributed by atoms with van der Waals surface area (Å²) in [6.45, 7) is 7.67. The Balaban J connectivity index is 1.89. The standard InChI is InChI=1S/C21H25FNO3P/c1-15-10-18(22)11-16(2)21(15)23-19(24)13-27(3,4)14-20(25)26-12-17-8-6-5-7-9-17/h5-11H,12-14H2,1-4H3/p+1. The molecule has 1 amide bonds. The average molecular weight is 390 g/mol. The van der Waals surface area contributed by atoms with Gasteiger partial charge < -0.3 is 10.1 Å². The molecule has 144 valence electrons. The highest BCUT2D eigenvalue weighted by Gasteiger charge is 2.33. The number of ether oxygens (including phenoxy) is 1. The Labute approximate surface area is 160 Å². The van der Waals surface area contributed by atoms with Crippen LogP contribution in [-0.2, 0) is 20.9 Å². The molecule has 0 atom stereocenters. The first-order valence-electron chi connectivity index (χ1n) is 8.74. The molecule has 2 aromatic carbocycles. The van der Waals surface area contributed by atoms with E-state index in [1.807, 2.05) is 43.7 Å². The summed E-state index contributed by atoms with van der Waals surface area (Å²) >= 11 is 0. The van der Waals surface area contributed by atoms with Crippen LogP contribution in [-0.4, -0.2) is 37.5 Å². The van der Waals surface area contributed by atoms with Gasteiger partial charge in [0.25, 0.3) is 5.91 Å². The Hall–Kier alpha value is -2.26. The third-order valence-corrected chi connectivity index (χ3v) is 6.39. The van der Waals surface area contributed by atoms with Gasteiger partial charge in [0.05, 0.1) is 0 Å². The molecular weight excluding hydrogens is 364 g/mol. The highest BCUT2D eigenvalue weighted by atomic mass is 31.2. The molecule has 2 rings (SSSR count). The second-order valence-corrected chi connectivity index (χ2v) is 11.9. The summed E-state index contributed by atoms with van der Waals surface area (Å²) in [5.41, 5.74) is 2.92. The number of hydrogen-bond acceptors (Lipinski definition) is 3. The molecule has 6 heteroatoms. The van der Waals surface area contributed by atoms with Crippen LogP contribution in [0.4, 0.5) is 10.1 Å². The van der Waals surface area contributed by atoms with E-state index in [0.717, 1.165) is 5.56 Å². The van der Waals surface area contributed by atoms with Gasteiger partial charge in [-0.1, -0.05) is 30.3 Å². The molecule has 0 radical (unpaired) electrons. The highest BCUT2D eigenvalue weighted by molar-refractivity contribution is 7.76. The van der Waals surface area contributed by atoms with Crippen LogP contribution in [0, 0.1) is 19.7 Å². The monoisotopic (exact) mass is 390 g/mol. The van der Waals surface area contributed by atoms with Crippen molar-refractivity contribution in [1.29, 1.82) is 0 Å². The van der Waals surface area contributed by atoms with Gasteiger partial charge in [0.1, 0.15) is 18.6 Å². The lowest BCUT2D eigenvalue weighted by atomic mass is 10.1. The maximum atomic E-state index is 13.4. The molecule has 1 N–H and O–H groups in total. The molecule has 0 aliphatic rings. The minimum absolute atomic E-state index is 0.165. The van der Waals surface area contributed by atoms with Gasteiger partial charge in [-0.15, -0.1) is 0 Å². The van der Waals surface area contributed by atoms with Crippen molar-refractivity contribution in [2.24, 2.45) is 0 Å². The van der Waals surface area contributed by atoms with Gasteiger partial charge in [0, 0.05) is 26.3 Å². The summed E-state index contributed by atoms with van der Waals surface area (Å²) in [5.74, 6) is -0.780. The lowest BCUT2D eigenvalue weighted by Crippen LogP contribution is -2.23. The topological polar surface area (TPSA) is 55.4 Å². The summed E-state index contributed by atoms with van der Waals surface area (Å²) < 4.78 is 18.7. The number of nitrogens with one attached hydrogen (secondary N) is 1. The lowest BCUT2D eigenvalue weighted by molar-refractivity contribution is -0.141. The third kappa shape index (κ3) is 6.76. The van der Waals surface area contributed by atoms with Gasteiger partial charge in [-0.25, -0.2) is 9.18 Å². The van der Waals surface area contributed by atoms with Crippen molar-refractivity contribution in [1.82, 2.24) is 0 Å². The Morgan fingerprint density at radius 3 is 2.22 bits per heavy atom. The molecule has 2 aromatic rings. The normalized spacial score (nSPS) is 11.1.